The van der Waals surface area contributed by atoms with Gasteiger partial charge >= 0.3 is 12.1 Å². The number of sulfone groups is 1. The van der Waals surface area contributed by atoms with Crippen molar-refractivity contribution < 1.29 is 27.9 Å². The summed E-state index contributed by atoms with van der Waals surface area (Å²) < 4.78 is 29.2. The Morgan fingerprint density at radius 3 is 2.26 bits per heavy atom. The zero-order chi connectivity index (χ0) is 17.7. The number of ether oxygens (including phenoxy) is 1. The van der Waals surface area contributed by atoms with Gasteiger partial charge in [-0.25, -0.2) is 18.0 Å². The van der Waals surface area contributed by atoms with Gasteiger partial charge in [-0.05, 0) is 26.3 Å². The van der Waals surface area contributed by atoms with Gasteiger partial charge in [-0.3, -0.25) is 0 Å². The molecule has 0 aromatic heterocycles. The maximum Gasteiger partial charge on any atom is 0.408 e. The van der Waals surface area contributed by atoms with Gasteiger partial charge in [0, 0.05) is 0 Å². The molecule has 0 unspecified atom stereocenters. The van der Waals surface area contributed by atoms with E-state index < -0.39 is 39.3 Å². The van der Waals surface area contributed by atoms with Crippen LogP contribution in [-0.2, 0) is 25.1 Å². The highest BCUT2D eigenvalue weighted by atomic mass is 32.2. The summed E-state index contributed by atoms with van der Waals surface area (Å²) in [5.41, 5.74) is -0.260. The van der Waals surface area contributed by atoms with Crippen LogP contribution in [0.5, 0.6) is 0 Å². The average Bonchev–Trinajstić information content (AvgIpc) is 2.35. The van der Waals surface area contributed by atoms with E-state index in [2.05, 4.69) is 5.32 Å². The monoisotopic (exact) mass is 343 g/mol. The number of alkyl carbamates (subject to hydrolysis) is 1. The first-order valence-corrected chi connectivity index (χ1v) is 8.77. The van der Waals surface area contributed by atoms with E-state index >= 15 is 0 Å². The van der Waals surface area contributed by atoms with Crippen molar-refractivity contribution in [2.24, 2.45) is 0 Å². The molecule has 0 fully saturated rings. The largest absolute Gasteiger partial charge is 0.480 e. The predicted octanol–water partition coefficient (Wildman–Crippen LogP) is 1.58. The molecule has 0 aliphatic carbocycles. The number of nitrogens with one attached hydrogen (secondary N) is 1. The highest BCUT2D eigenvalue weighted by Crippen LogP contribution is 2.09. The van der Waals surface area contributed by atoms with Crippen LogP contribution in [0.25, 0.3) is 0 Å². The molecule has 0 heterocycles. The van der Waals surface area contributed by atoms with Crippen molar-refractivity contribution in [1.29, 1.82) is 0 Å². The van der Waals surface area contributed by atoms with Crippen LogP contribution in [0.1, 0.15) is 26.3 Å². The molecular formula is C15H21NO6S. The Kier molecular flexibility index (Phi) is 6.14. The van der Waals surface area contributed by atoms with Crippen LogP contribution in [0.4, 0.5) is 4.79 Å². The second-order valence-electron chi connectivity index (χ2n) is 6.08. The third-order valence-corrected chi connectivity index (χ3v) is 4.25. The van der Waals surface area contributed by atoms with Crippen molar-refractivity contribution in [3.63, 3.8) is 0 Å². The summed E-state index contributed by atoms with van der Waals surface area (Å²) in [6.07, 6.45) is -0.972. The first-order valence-electron chi connectivity index (χ1n) is 6.95. The summed E-state index contributed by atoms with van der Waals surface area (Å²) >= 11 is 0. The molecule has 1 aromatic carbocycles. The zero-order valence-corrected chi connectivity index (χ0v) is 14.1. The number of carboxylic acid groups (broad SMARTS) is 1. The maximum atomic E-state index is 12.1. The molecule has 1 aromatic rings. The Morgan fingerprint density at radius 1 is 1.22 bits per heavy atom. The molecule has 7 nitrogen and oxygen atoms in total. The van der Waals surface area contributed by atoms with Crippen LogP contribution in [0.15, 0.2) is 30.3 Å². The Bertz CT molecular complexity index is 648. The normalized spacial score (nSPS) is 13.2. The van der Waals surface area contributed by atoms with E-state index in [1.54, 1.807) is 51.1 Å². The van der Waals surface area contributed by atoms with Gasteiger partial charge in [0.25, 0.3) is 0 Å². The van der Waals surface area contributed by atoms with Gasteiger partial charge in [0.15, 0.2) is 9.84 Å². The Hall–Kier alpha value is -2.09. The molecule has 8 heteroatoms. The smallest absolute Gasteiger partial charge is 0.408 e. The molecule has 0 aliphatic heterocycles. The molecule has 0 saturated carbocycles. The summed E-state index contributed by atoms with van der Waals surface area (Å²) in [5.74, 6) is -2.45. The lowest BCUT2D eigenvalue weighted by atomic mass is 10.2. The number of hydrogen-bond donors (Lipinski definition) is 2. The number of aliphatic carboxylic acids is 1. The van der Waals surface area contributed by atoms with E-state index in [9.17, 15) is 18.0 Å². The Labute approximate surface area is 135 Å². The highest BCUT2D eigenvalue weighted by molar-refractivity contribution is 7.90. The zero-order valence-electron chi connectivity index (χ0n) is 13.3. The molecule has 128 valence electrons. The van der Waals surface area contributed by atoms with E-state index in [4.69, 9.17) is 9.84 Å². The third kappa shape index (κ3) is 7.64. The lowest BCUT2D eigenvalue weighted by molar-refractivity contribution is -0.138. The molecule has 1 rings (SSSR count). The van der Waals surface area contributed by atoms with Gasteiger partial charge in [0.2, 0.25) is 0 Å². The van der Waals surface area contributed by atoms with Crippen molar-refractivity contribution in [1.82, 2.24) is 5.32 Å². The van der Waals surface area contributed by atoms with Crippen LogP contribution in [0.2, 0.25) is 0 Å². The summed E-state index contributed by atoms with van der Waals surface area (Å²) in [6.45, 7) is 4.86. The summed E-state index contributed by atoms with van der Waals surface area (Å²) in [5, 5.41) is 11.2. The van der Waals surface area contributed by atoms with Crippen molar-refractivity contribution in [2.75, 3.05) is 5.75 Å². The number of carboxylic acids is 1. The number of hydrogen-bond acceptors (Lipinski definition) is 5. The van der Waals surface area contributed by atoms with Crippen molar-refractivity contribution >= 4 is 21.9 Å². The van der Waals surface area contributed by atoms with Gasteiger partial charge in [0.1, 0.15) is 11.6 Å². The maximum absolute atomic E-state index is 12.1. The molecule has 0 aliphatic rings. The first kappa shape index (κ1) is 19.0. The second-order valence-corrected chi connectivity index (χ2v) is 8.19. The number of benzene rings is 1. The van der Waals surface area contributed by atoms with Gasteiger partial charge in [-0.1, -0.05) is 30.3 Å². The number of amides is 1. The fraction of sp³-hybridized carbons (Fsp3) is 0.467. The van der Waals surface area contributed by atoms with Crippen LogP contribution >= 0.6 is 0 Å². The van der Waals surface area contributed by atoms with Crippen molar-refractivity contribution in [2.45, 2.75) is 38.2 Å². The summed E-state index contributed by atoms with van der Waals surface area (Å²) in [7, 11) is -3.72. The molecule has 0 saturated heterocycles. The fourth-order valence-electron chi connectivity index (χ4n) is 1.77. The standard InChI is InChI=1S/C15H21NO6S/c1-15(2,3)22-14(19)16-12(13(17)18)10-23(20,21)9-11-7-5-4-6-8-11/h4-8,12H,9-10H2,1-3H3,(H,16,19)(H,17,18)/t12-/m0/s1. The third-order valence-electron chi connectivity index (χ3n) is 2.64. The van der Waals surface area contributed by atoms with Gasteiger partial charge in [-0.2, -0.15) is 0 Å². The first-order chi connectivity index (χ1) is 10.5. The van der Waals surface area contributed by atoms with Crippen molar-refractivity contribution in [3.05, 3.63) is 35.9 Å². The molecule has 0 bridgehead atoms. The SMILES string of the molecule is CC(C)(C)OC(=O)N[C@@H](CS(=O)(=O)Cc1ccccc1)C(=O)O. The van der Waals surface area contributed by atoms with Crippen LogP contribution in [0, 0.1) is 0 Å². The van der Waals surface area contributed by atoms with Crippen LogP contribution < -0.4 is 5.32 Å². The topological polar surface area (TPSA) is 110 Å². The molecular weight excluding hydrogens is 322 g/mol. The van der Waals surface area contributed by atoms with E-state index in [0.717, 1.165) is 0 Å². The van der Waals surface area contributed by atoms with E-state index in [1.165, 1.54) is 0 Å². The molecule has 1 atom stereocenters. The summed E-state index contributed by atoms with van der Waals surface area (Å²) in [6, 6.07) is 6.83. The lowest BCUT2D eigenvalue weighted by Gasteiger charge is -2.22. The Balaban J connectivity index is 2.75. The van der Waals surface area contributed by atoms with E-state index in [0.29, 0.717) is 5.56 Å². The minimum absolute atomic E-state index is 0.298. The van der Waals surface area contributed by atoms with Gasteiger partial charge < -0.3 is 15.2 Å². The number of carbonyl (C=O) groups excluding carboxylic acids is 1. The lowest BCUT2D eigenvalue weighted by Crippen LogP contribution is -2.47. The van der Waals surface area contributed by atoms with Crippen LogP contribution in [-0.4, -0.2) is 43.0 Å². The molecule has 0 radical (unpaired) electrons. The highest BCUT2D eigenvalue weighted by Gasteiger charge is 2.29. The van der Waals surface area contributed by atoms with Crippen LogP contribution in [0.3, 0.4) is 0 Å². The Morgan fingerprint density at radius 2 is 1.78 bits per heavy atom. The number of rotatable bonds is 6. The predicted molar refractivity (Wildman–Crippen MR) is 84.7 cm³/mol. The van der Waals surface area contributed by atoms with E-state index in [-0.39, 0.29) is 5.75 Å². The molecule has 23 heavy (non-hydrogen) atoms. The minimum atomic E-state index is -3.72. The average molecular weight is 343 g/mol. The summed E-state index contributed by atoms with van der Waals surface area (Å²) in [4.78, 5) is 22.8. The minimum Gasteiger partial charge on any atom is -0.480 e. The van der Waals surface area contributed by atoms with Gasteiger partial charge in [0.05, 0.1) is 11.5 Å². The van der Waals surface area contributed by atoms with E-state index in [1.807, 2.05) is 0 Å². The second kappa shape index (κ2) is 7.45. The molecule has 0 spiro atoms. The van der Waals surface area contributed by atoms with Crippen molar-refractivity contribution in [3.8, 4) is 0 Å². The van der Waals surface area contributed by atoms with Gasteiger partial charge in [-0.15, -0.1) is 0 Å². The fourth-order valence-corrected chi connectivity index (χ4v) is 3.32. The number of carbonyl (C=O) groups is 2. The molecule has 1 amide bonds. The quantitative estimate of drug-likeness (QED) is 0.811. The molecule has 2 N–H and O–H groups in total.